The van der Waals surface area contributed by atoms with Crippen molar-refractivity contribution in [3.05, 3.63) is 23.9 Å². The summed E-state index contributed by atoms with van der Waals surface area (Å²) in [6.07, 6.45) is 2.16. The quantitative estimate of drug-likeness (QED) is 0.665. The number of nitrogens with one attached hydrogen (secondary N) is 1. The highest BCUT2D eigenvalue weighted by molar-refractivity contribution is 5.38. The molecule has 0 spiro atoms. The van der Waals surface area contributed by atoms with Crippen molar-refractivity contribution < 1.29 is 9.47 Å². The van der Waals surface area contributed by atoms with Crippen LogP contribution in [-0.2, 0) is 15.9 Å². The predicted molar refractivity (Wildman–Crippen MR) is 76.9 cm³/mol. The number of nitrogens with two attached hydrogens (primary N) is 1. The van der Waals surface area contributed by atoms with Crippen molar-refractivity contribution in [1.29, 1.82) is 0 Å². The number of pyridine rings is 1. The molecule has 5 nitrogen and oxygen atoms in total. The SMILES string of the molecule is CCNC(Cc1cccnc1N)C(OCC)OCC. The molecule has 0 fully saturated rings. The van der Waals surface area contributed by atoms with E-state index < -0.39 is 0 Å². The average molecular weight is 267 g/mol. The molecule has 1 rings (SSSR count). The monoisotopic (exact) mass is 267 g/mol. The van der Waals surface area contributed by atoms with Crippen molar-refractivity contribution in [3.63, 3.8) is 0 Å². The van der Waals surface area contributed by atoms with E-state index in [-0.39, 0.29) is 12.3 Å². The number of anilines is 1. The Morgan fingerprint density at radius 2 is 1.95 bits per heavy atom. The molecule has 0 aromatic carbocycles. The highest BCUT2D eigenvalue weighted by Gasteiger charge is 2.22. The van der Waals surface area contributed by atoms with Crippen LogP contribution >= 0.6 is 0 Å². The van der Waals surface area contributed by atoms with Crippen LogP contribution in [0.3, 0.4) is 0 Å². The minimum atomic E-state index is -0.269. The van der Waals surface area contributed by atoms with Gasteiger partial charge in [-0.3, -0.25) is 0 Å². The Labute approximate surface area is 115 Å². The largest absolute Gasteiger partial charge is 0.383 e. The van der Waals surface area contributed by atoms with E-state index in [1.54, 1.807) is 6.20 Å². The molecule has 3 N–H and O–H groups in total. The zero-order chi connectivity index (χ0) is 14.1. The summed E-state index contributed by atoms with van der Waals surface area (Å²) in [6, 6.07) is 3.95. The van der Waals surface area contributed by atoms with Crippen LogP contribution in [0.5, 0.6) is 0 Å². The van der Waals surface area contributed by atoms with Gasteiger partial charge in [0.15, 0.2) is 6.29 Å². The van der Waals surface area contributed by atoms with Crippen LogP contribution in [0.15, 0.2) is 18.3 Å². The summed E-state index contributed by atoms with van der Waals surface area (Å²) in [5.74, 6) is 0.567. The van der Waals surface area contributed by atoms with Gasteiger partial charge in [0, 0.05) is 19.4 Å². The van der Waals surface area contributed by atoms with Crippen LogP contribution < -0.4 is 11.1 Å². The highest BCUT2D eigenvalue weighted by atomic mass is 16.7. The van der Waals surface area contributed by atoms with E-state index in [0.29, 0.717) is 19.0 Å². The highest BCUT2D eigenvalue weighted by Crippen LogP contribution is 2.14. The fourth-order valence-electron chi connectivity index (χ4n) is 2.00. The molecule has 0 radical (unpaired) electrons. The van der Waals surface area contributed by atoms with E-state index in [1.807, 2.05) is 26.0 Å². The van der Waals surface area contributed by atoms with E-state index >= 15 is 0 Å². The molecule has 0 saturated heterocycles. The van der Waals surface area contributed by atoms with Gasteiger partial charge in [0.1, 0.15) is 5.82 Å². The van der Waals surface area contributed by atoms with Gasteiger partial charge in [-0.1, -0.05) is 13.0 Å². The molecule has 0 aliphatic carbocycles. The molecule has 19 heavy (non-hydrogen) atoms. The Balaban J connectivity index is 2.77. The molecule has 0 saturated carbocycles. The van der Waals surface area contributed by atoms with Gasteiger partial charge in [-0.15, -0.1) is 0 Å². The van der Waals surface area contributed by atoms with E-state index in [0.717, 1.165) is 18.5 Å². The number of nitrogen functional groups attached to an aromatic ring is 1. The summed E-state index contributed by atoms with van der Waals surface area (Å²) in [5.41, 5.74) is 6.90. The first kappa shape index (κ1) is 15.9. The van der Waals surface area contributed by atoms with Gasteiger partial charge in [0.25, 0.3) is 0 Å². The molecule has 1 atom stereocenters. The van der Waals surface area contributed by atoms with Gasteiger partial charge in [0.2, 0.25) is 0 Å². The maximum absolute atomic E-state index is 5.89. The summed E-state index contributed by atoms with van der Waals surface area (Å²) in [6.45, 7) is 8.08. The predicted octanol–water partition coefficient (Wildman–Crippen LogP) is 1.58. The van der Waals surface area contributed by atoms with Crippen LogP contribution in [0, 0.1) is 0 Å². The molecule has 1 aromatic heterocycles. The van der Waals surface area contributed by atoms with Crippen LogP contribution in [0.1, 0.15) is 26.3 Å². The molecule has 1 unspecified atom stereocenters. The molecule has 0 bridgehead atoms. The molecule has 0 aliphatic heterocycles. The number of hydrogen-bond acceptors (Lipinski definition) is 5. The second kappa shape index (κ2) is 8.85. The maximum Gasteiger partial charge on any atom is 0.172 e. The molecule has 1 heterocycles. The average Bonchev–Trinajstić information content (AvgIpc) is 2.40. The summed E-state index contributed by atoms with van der Waals surface area (Å²) >= 11 is 0. The standard InChI is InChI=1S/C14H25N3O2/c1-4-16-12(14(18-5-2)19-6-3)10-11-8-7-9-17-13(11)15/h7-9,12,14,16H,4-6,10H2,1-3H3,(H2,15,17). The fourth-order valence-corrected chi connectivity index (χ4v) is 2.00. The minimum Gasteiger partial charge on any atom is -0.383 e. The van der Waals surface area contributed by atoms with Crippen LogP contribution in [0.25, 0.3) is 0 Å². The lowest BCUT2D eigenvalue weighted by Gasteiger charge is -2.27. The smallest absolute Gasteiger partial charge is 0.172 e. The van der Waals surface area contributed by atoms with Crippen LogP contribution in [-0.4, -0.2) is 37.1 Å². The van der Waals surface area contributed by atoms with Crippen molar-refractivity contribution >= 4 is 5.82 Å². The van der Waals surface area contributed by atoms with E-state index in [9.17, 15) is 0 Å². The topological polar surface area (TPSA) is 69.4 Å². The van der Waals surface area contributed by atoms with Gasteiger partial charge in [0.05, 0.1) is 6.04 Å². The molecule has 0 aliphatic rings. The first-order valence-electron chi connectivity index (χ1n) is 6.88. The molecule has 5 heteroatoms. The van der Waals surface area contributed by atoms with Crippen molar-refractivity contribution in [1.82, 2.24) is 10.3 Å². The molecule has 1 aromatic rings. The number of nitrogens with zero attached hydrogens (tertiary/aromatic N) is 1. The fraction of sp³-hybridized carbons (Fsp3) is 0.643. The number of rotatable bonds is 9. The van der Waals surface area contributed by atoms with Crippen molar-refractivity contribution in [2.45, 2.75) is 39.5 Å². The van der Waals surface area contributed by atoms with Gasteiger partial charge < -0.3 is 20.5 Å². The lowest BCUT2D eigenvalue weighted by Crippen LogP contribution is -2.44. The zero-order valence-corrected chi connectivity index (χ0v) is 12.1. The van der Waals surface area contributed by atoms with Crippen molar-refractivity contribution in [2.75, 3.05) is 25.5 Å². The normalized spacial score (nSPS) is 12.8. The molecule has 0 amide bonds. The Kier molecular flexibility index (Phi) is 7.40. The first-order valence-corrected chi connectivity index (χ1v) is 6.88. The Hall–Kier alpha value is -1.17. The van der Waals surface area contributed by atoms with Crippen molar-refractivity contribution in [3.8, 4) is 0 Å². The Morgan fingerprint density at radius 1 is 1.26 bits per heavy atom. The van der Waals surface area contributed by atoms with Crippen molar-refractivity contribution in [2.24, 2.45) is 0 Å². The third kappa shape index (κ3) is 5.14. The summed E-state index contributed by atoms with van der Waals surface area (Å²) in [7, 11) is 0. The minimum absolute atomic E-state index is 0.0661. The number of hydrogen-bond donors (Lipinski definition) is 2. The number of ether oxygens (including phenoxy) is 2. The third-order valence-electron chi connectivity index (χ3n) is 2.82. The van der Waals surface area contributed by atoms with Gasteiger partial charge in [-0.25, -0.2) is 4.98 Å². The van der Waals surface area contributed by atoms with E-state index in [1.165, 1.54) is 0 Å². The number of likely N-dealkylation sites (N-methyl/N-ethyl adjacent to an activating group) is 1. The lowest BCUT2D eigenvalue weighted by atomic mass is 10.1. The summed E-state index contributed by atoms with van der Waals surface area (Å²) in [5, 5.41) is 3.39. The summed E-state index contributed by atoms with van der Waals surface area (Å²) < 4.78 is 11.3. The van der Waals surface area contributed by atoms with Gasteiger partial charge >= 0.3 is 0 Å². The van der Waals surface area contributed by atoms with Gasteiger partial charge in [-0.2, -0.15) is 0 Å². The first-order chi connectivity index (χ1) is 9.22. The molecule has 108 valence electrons. The van der Waals surface area contributed by atoms with E-state index in [4.69, 9.17) is 15.2 Å². The van der Waals surface area contributed by atoms with Crippen LogP contribution in [0.4, 0.5) is 5.82 Å². The van der Waals surface area contributed by atoms with Gasteiger partial charge in [-0.05, 0) is 38.4 Å². The lowest BCUT2D eigenvalue weighted by molar-refractivity contribution is -0.153. The Bertz CT molecular complexity index is 354. The van der Waals surface area contributed by atoms with E-state index in [2.05, 4.69) is 17.2 Å². The van der Waals surface area contributed by atoms with Crippen LogP contribution in [0.2, 0.25) is 0 Å². The maximum atomic E-state index is 5.89. The second-order valence-corrected chi connectivity index (χ2v) is 4.20. The third-order valence-corrected chi connectivity index (χ3v) is 2.82. The molecular formula is C14H25N3O2. The zero-order valence-electron chi connectivity index (χ0n) is 12.1. The molecular weight excluding hydrogens is 242 g/mol. The Morgan fingerprint density at radius 3 is 2.47 bits per heavy atom. The number of aromatic nitrogens is 1. The second-order valence-electron chi connectivity index (χ2n) is 4.20. The summed E-state index contributed by atoms with van der Waals surface area (Å²) in [4.78, 5) is 4.11.